The molecule has 0 aliphatic heterocycles. The number of nitrogens with zero attached hydrogens (tertiary/aromatic N) is 1. The van der Waals surface area contributed by atoms with E-state index in [-0.39, 0.29) is 5.88 Å². The molecule has 96 valence electrons. The van der Waals surface area contributed by atoms with Crippen molar-refractivity contribution in [1.82, 2.24) is 5.16 Å². The molecule has 18 heavy (non-hydrogen) atoms. The summed E-state index contributed by atoms with van der Waals surface area (Å²) in [6.45, 7) is 0.412. The molecule has 0 atom stereocenters. The number of anilines is 1. The molecule has 0 aliphatic rings. The summed E-state index contributed by atoms with van der Waals surface area (Å²) >= 11 is 6.10. The van der Waals surface area contributed by atoms with Crippen molar-refractivity contribution >= 4 is 17.5 Å². The van der Waals surface area contributed by atoms with E-state index in [4.69, 9.17) is 31.3 Å². The average Bonchev–Trinajstić information content (AvgIpc) is 2.78. The fraction of sp³-hybridized carbons (Fsp3) is 0.250. The molecule has 2 aromatic rings. The third-order valence-electron chi connectivity index (χ3n) is 2.48. The Morgan fingerprint density at radius 1 is 1.33 bits per heavy atom. The molecule has 0 unspecified atom stereocenters. The molecule has 0 saturated heterocycles. The number of nitrogen functional groups attached to an aromatic ring is 1. The van der Waals surface area contributed by atoms with E-state index in [1.54, 1.807) is 26.4 Å². The monoisotopic (exact) mass is 268 g/mol. The molecule has 0 spiro atoms. The van der Waals surface area contributed by atoms with E-state index < -0.39 is 0 Å². The van der Waals surface area contributed by atoms with Crippen LogP contribution in [0.3, 0.4) is 0 Å². The van der Waals surface area contributed by atoms with Crippen molar-refractivity contribution in [3.8, 4) is 17.0 Å². The van der Waals surface area contributed by atoms with Gasteiger partial charge in [-0.2, -0.15) is 0 Å². The number of rotatable bonds is 4. The first-order valence-corrected chi connectivity index (χ1v) is 5.61. The van der Waals surface area contributed by atoms with Gasteiger partial charge in [-0.25, -0.2) is 0 Å². The van der Waals surface area contributed by atoms with Crippen LogP contribution < -0.4 is 10.5 Å². The van der Waals surface area contributed by atoms with Gasteiger partial charge >= 0.3 is 0 Å². The van der Waals surface area contributed by atoms with Crippen LogP contribution in [0.2, 0.25) is 5.02 Å². The molecule has 0 radical (unpaired) electrons. The van der Waals surface area contributed by atoms with Gasteiger partial charge in [-0.1, -0.05) is 16.8 Å². The molecule has 1 aromatic carbocycles. The molecule has 0 saturated carbocycles. The first kappa shape index (κ1) is 12.7. The van der Waals surface area contributed by atoms with Crippen molar-refractivity contribution in [3.63, 3.8) is 0 Å². The second-order valence-electron chi connectivity index (χ2n) is 3.69. The zero-order chi connectivity index (χ0) is 13.1. The SMILES string of the molecule is COCc1cc(OC)c(Cl)cc1-c1cc(N)on1. The van der Waals surface area contributed by atoms with Gasteiger partial charge in [0.25, 0.3) is 0 Å². The molecule has 0 aliphatic carbocycles. The Labute approximate surface area is 109 Å². The van der Waals surface area contributed by atoms with Gasteiger partial charge in [0.2, 0.25) is 5.88 Å². The highest BCUT2D eigenvalue weighted by molar-refractivity contribution is 6.32. The van der Waals surface area contributed by atoms with Crippen LogP contribution in [0.5, 0.6) is 5.75 Å². The minimum Gasteiger partial charge on any atom is -0.495 e. The molecule has 2 rings (SSSR count). The van der Waals surface area contributed by atoms with Gasteiger partial charge in [0.1, 0.15) is 11.4 Å². The van der Waals surface area contributed by atoms with Gasteiger partial charge in [0.05, 0.1) is 18.7 Å². The van der Waals surface area contributed by atoms with Crippen LogP contribution >= 0.6 is 11.6 Å². The molecule has 0 fully saturated rings. The second-order valence-corrected chi connectivity index (χ2v) is 4.10. The Balaban J connectivity index is 2.54. The van der Waals surface area contributed by atoms with Crippen LogP contribution in [0.15, 0.2) is 22.7 Å². The third kappa shape index (κ3) is 2.42. The van der Waals surface area contributed by atoms with Crippen LogP contribution in [-0.4, -0.2) is 19.4 Å². The van der Waals surface area contributed by atoms with Crippen molar-refractivity contribution in [2.24, 2.45) is 0 Å². The molecule has 0 bridgehead atoms. The zero-order valence-corrected chi connectivity index (χ0v) is 10.8. The van der Waals surface area contributed by atoms with Crippen molar-refractivity contribution in [1.29, 1.82) is 0 Å². The highest BCUT2D eigenvalue weighted by Gasteiger charge is 2.14. The van der Waals surface area contributed by atoms with E-state index in [0.29, 0.717) is 23.1 Å². The summed E-state index contributed by atoms with van der Waals surface area (Å²) in [6, 6.07) is 5.20. The van der Waals surface area contributed by atoms with Crippen molar-refractivity contribution in [3.05, 3.63) is 28.8 Å². The summed E-state index contributed by atoms with van der Waals surface area (Å²) in [6.07, 6.45) is 0. The Morgan fingerprint density at radius 3 is 2.67 bits per heavy atom. The maximum atomic E-state index is 6.10. The quantitative estimate of drug-likeness (QED) is 0.923. The first-order valence-electron chi connectivity index (χ1n) is 5.23. The summed E-state index contributed by atoms with van der Waals surface area (Å²) < 4.78 is 15.2. The number of hydrogen-bond donors (Lipinski definition) is 1. The van der Waals surface area contributed by atoms with Gasteiger partial charge in [-0.05, 0) is 17.7 Å². The third-order valence-corrected chi connectivity index (χ3v) is 2.78. The predicted molar refractivity (Wildman–Crippen MR) is 68.6 cm³/mol. The molecule has 1 aromatic heterocycles. The zero-order valence-electron chi connectivity index (χ0n) is 10.1. The molecule has 1 heterocycles. The van der Waals surface area contributed by atoms with Gasteiger partial charge in [0.15, 0.2) is 0 Å². The normalized spacial score (nSPS) is 10.6. The van der Waals surface area contributed by atoms with E-state index in [0.717, 1.165) is 11.1 Å². The molecular weight excluding hydrogens is 256 g/mol. The fourth-order valence-corrected chi connectivity index (χ4v) is 1.92. The Bertz CT molecular complexity index is 554. The minimum atomic E-state index is 0.250. The van der Waals surface area contributed by atoms with Crippen LogP contribution in [0.4, 0.5) is 5.88 Å². The number of halogens is 1. The van der Waals surface area contributed by atoms with Gasteiger partial charge < -0.3 is 19.7 Å². The predicted octanol–water partition coefficient (Wildman–Crippen LogP) is 2.73. The summed E-state index contributed by atoms with van der Waals surface area (Å²) in [4.78, 5) is 0. The van der Waals surface area contributed by atoms with Crippen LogP contribution in [0, 0.1) is 0 Å². The lowest BCUT2D eigenvalue weighted by atomic mass is 10.0. The number of ether oxygens (including phenoxy) is 2. The maximum Gasteiger partial charge on any atom is 0.222 e. The lowest BCUT2D eigenvalue weighted by Gasteiger charge is -2.10. The summed E-state index contributed by atoms with van der Waals surface area (Å²) in [7, 11) is 3.17. The largest absolute Gasteiger partial charge is 0.495 e. The van der Waals surface area contributed by atoms with Crippen LogP contribution in [0.25, 0.3) is 11.3 Å². The standard InChI is InChI=1S/C12H13ClN2O3/c1-16-6-7-3-11(17-2)9(13)4-8(7)10-5-12(14)18-15-10/h3-5H,6,14H2,1-2H3. The number of benzene rings is 1. The van der Waals surface area contributed by atoms with Gasteiger partial charge in [-0.15, -0.1) is 0 Å². The first-order chi connectivity index (χ1) is 8.65. The smallest absolute Gasteiger partial charge is 0.222 e. The highest BCUT2D eigenvalue weighted by Crippen LogP contribution is 2.34. The summed E-state index contributed by atoms with van der Waals surface area (Å²) in [5, 5.41) is 4.36. The van der Waals surface area contributed by atoms with Crippen molar-refractivity contribution in [2.45, 2.75) is 6.61 Å². The number of aromatic nitrogens is 1. The van der Waals surface area contributed by atoms with E-state index in [2.05, 4.69) is 5.16 Å². The number of methoxy groups -OCH3 is 2. The Kier molecular flexibility index (Phi) is 3.74. The Morgan fingerprint density at radius 2 is 2.11 bits per heavy atom. The van der Waals surface area contributed by atoms with Gasteiger partial charge in [0, 0.05) is 18.7 Å². The molecular formula is C12H13ClN2O3. The Hall–Kier alpha value is -1.72. The average molecular weight is 269 g/mol. The van der Waals surface area contributed by atoms with E-state index in [1.807, 2.05) is 6.07 Å². The number of hydrogen-bond acceptors (Lipinski definition) is 5. The van der Waals surface area contributed by atoms with E-state index >= 15 is 0 Å². The van der Waals surface area contributed by atoms with Crippen LogP contribution in [-0.2, 0) is 11.3 Å². The van der Waals surface area contributed by atoms with Crippen molar-refractivity contribution < 1.29 is 14.0 Å². The van der Waals surface area contributed by atoms with E-state index in [9.17, 15) is 0 Å². The molecule has 2 N–H and O–H groups in total. The lowest BCUT2D eigenvalue weighted by molar-refractivity contribution is 0.185. The van der Waals surface area contributed by atoms with Gasteiger partial charge in [-0.3, -0.25) is 0 Å². The lowest BCUT2D eigenvalue weighted by Crippen LogP contribution is -1.95. The second kappa shape index (κ2) is 5.29. The highest BCUT2D eigenvalue weighted by atomic mass is 35.5. The maximum absolute atomic E-state index is 6.10. The molecule has 5 nitrogen and oxygen atoms in total. The summed E-state index contributed by atoms with van der Waals surface area (Å²) in [5.41, 5.74) is 7.83. The number of nitrogens with two attached hydrogens (primary N) is 1. The fourth-order valence-electron chi connectivity index (χ4n) is 1.68. The topological polar surface area (TPSA) is 70.5 Å². The minimum absolute atomic E-state index is 0.250. The van der Waals surface area contributed by atoms with Crippen molar-refractivity contribution in [2.75, 3.05) is 20.0 Å². The molecule has 6 heteroatoms. The van der Waals surface area contributed by atoms with E-state index in [1.165, 1.54) is 0 Å². The van der Waals surface area contributed by atoms with Crippen LogP contribution in [0.1, 0.15) is 5.56 Å². The summed E-state index contributed by atoms with van der Waals surface area (Å²) in [5.74, 6) is 0.837. The molecule has 0 amide bonds.